The fraction of sp³-hybridized carbons (Fsp3) is 0.200. The van der Waals surface area contributed by atoms with Gasteiger partial charge in [0.05, 0.1) is 24.5 Å². The van der Waals surface area contributed by atoms with E-state index in [1.54, 1.807) is 18.6 Å². The highest BCUT2D eigenvalue weighted by molar-refractivity contribution is 5.64. The summed E-state index contributed by atoms with van der Waals surface area (Å²) >= 11 is 0. The number of aromatic nitrogens is 3. The molecule has 1 aliphatic rings. The molecule has 0 unspecified atom stereocenters. The summed E-state index contributed by atoms with van der Waals surface area (Å²) in [5.41, 5.74) is 5.04. The molecule has 0 amide bonds. The minimum Gasteiger partial charge on any atom is -0.489 e. The average molecular weight is 473 g/mol. The fourth-order valence-electron chi connectivity index (χ4n) is 3.97. The van der Waals surface area contributed by atoms with Gasteiger partial charge in [-0.2, -0.15) is 5.26 Å². The molecule has 0 bridgehead atoms. The molecule has 0 saturated carbocycles. The first-order valence-corrected chi connectivity index (χ1v) is 11.9. The molecule has 1 fully saturated rings. The fourth-order valence-corrected chi connectivity index (χ4v) is 3.97. The van der Waals surface area contributed by atoms with Gasteiger partial charge in [-0.25, -0.2) is 9.97 Å². The van der Waals surface area contributed by atoms with Gasteiger partial charge in [-0.1, -0.05) is 24.0 Å². The lowest BCUT2D eigenvalue weighted by atomic mass is 10.1. The van der Waals surface area contributed by atoms with E-state index in [2.05, 4.69) is 27.9 Å². The molecule has 0 atom stereocenters. The monoisotopic (exact) mass is 472 g/mol. The normalized spacial score (nSPS) is 13.3. The maximum Gasteiger partial charge on any atom is 0.137 e. The second-order valence-electron chi connectivity index (χ2n) is 8.48. The summed E-state index contributed by atoms with van der Waals surface area (Å²) < 4.78 is 11.5. The highest BCUT2D eigenvalue weighted by Gasteiger charge is 2.17. The maximum atomic E-state index is 9.69. The van der Waals surface area contributed by atoms with Crippen molar-refractivity contribution in [2.75, 3.05) is 13.2 Å². The third-order valence-electron chi connectivity index (χ3n) is 5.89. The minimum absolute atomic E-state index is 0.0788. The van der Waals surface area contributed by atoms with Crippen LogP contribution in [0, 0.1) is 23.2 Å². The summed E-state index contributed by atoms with van der Waals surface area (Å²) in [5.74, 6) is 7.59. The predicted molar refractivity (Wildman–Crippen MR) is 136 cm³/mol. The lowest BCUT2D eigenvalue weighted by molar-refractivity contribution is 0.0254. The number of nitriles is 1. The molecule has 0 spiro atoms. The van der Waals surface area contributed by atoms with Crippen molar-refractivity contribution >= 4 is 0 Å². The third-order valence-corrected chi connectivity index (χ3v) is 5.89. The Kier molecular flexibility index (Phi) is 7.27. The Morgan fingerprint density at radius 1 is 0.944 bits per heavy atom. The molecule has 0 radical (unpaired) electrons. The van der Waals surface area contributed by atoms with Crippen molar-refractivity contribution in [3.63, 3.8) is 0 Å². The Hall–Kier alpha value is -4.52. The van der Waals surface area contributed by atoms with E-state index in [1.807, 2.05) is 60.7 Å². The molecule has 3 heterocycles. The lowest BCUT2D eigenvalue weighted by Gasteiger charge is -2.23. The molecule has 1 saturated heterocycles. The van der Waals surface area contributed by atoms with Gasteiger partial charge in [0.25, 0.3) is 0 Å². The van der Waals surface area contributed by atoms with Crippen molar-refractivity contribution < 1.29 is 9.47 Å². The van der Waals surface area contributed by atoms with Crippen molar-refractivity contribution in [2.24, 2.45) is 0 Å². The smallest absolute Gasteiger partial charge is 0.137 e. The molecule has 36 heavy (non-hydrogen) atoms. The van der Waals surface area contributed by atoms with Crippen molar-refractivity contribution in [1.82, 2.24) is 15.0 Å². The molecule has 2 aromatic heterocycles. The second kappa shape index (κ2) is 11.3. The molecule has 2 aromatic carbocycles. The highest BCUT2D eigenvalue weighted by Crippen LogP contribution is 2.27. The Balaban J connectivity index is 1.28. The molecule has 4 aromatic rings. The summed E-state index contributed by atoms with van der Waals surface area (Å²) in [5, 5.41) is 9.69. The molecule has 176 valence electrons. The van der Waals surface area contributed by atoms with E-state index < -0.39 is 0 Å². The van der Waals surface area contributed by atoms with Crippen LogP contribution in [0.5, 0.6) is 5.75 Å². The van der Waals surface area contributed by atoms with Crippen LogP contribution in [0.25, 0.3) is 11.3 Å². The standard InChI is InChI=1S/C30H24N4O2/c31-20-26-19-25(9-10-29(26)36-27-12-16-35-17-13-27)28-11-15-33-30(34-28)18-23-6-3-22(4-7-23)5-8-24-2-1-14-32-21-24/h1-4,6-7,9-11,14-15,19,21,27H,12-13,16-18H2. The zero-order valence-corrected chi connectivity index (χ0v) is 19.7. The average Bonchev–Trinajstić information content (AvgIpc) is 2.94. The van der Waals surface area contributed by atoms with Crippen LogP contribution in [-0.4, -0.2) is 34.3 Å². The topological polar surface area (TPSA) is 80.9 Å². The van der Waals surface area contributed by atoms with Gasteiger partial charge in [0.1, 0.15) is 23.7 Å². The molecular formula is C30H24N4O2. The van der Waals surface area contributed by atoms with E-state index in [0.717, 1.165) is 40.8 Å². The van der Waals surface area contributed by atoms with Gasteiger partial charge < -0.3 is 9.47 Å². The maximum absolute atomic E-state index is 9.69. The van der Waals surface area contributed by atoms with Gasteiger partial charge in [-0.3, -0.25) is 4.98 Å². The molecule has 1 aliphatic heterocycles. The van der Waals surface area contributed by atoms with Crippen molar-refractivity contribution in [3.05, 3.63) is 107 Å². The van der Waals surface area contributed by atoms with E-state index in [0.29, 0.717) is 36.8 Å². The number of hydrogen-bond acceptors (Lipinski definition) is 6. The number of pyridine rings is 1. The summed E-state index contributed by atoms with van der Waals surface area (Å²) in [6.07, 6.45) is 7.58. The van der Waals surface area contributed by atoms with Crippen LogP contribution in [0.1, 0.15) is 40.9 Å². The minimum atomic E-state index is 0.0788. The highest BCUT2D eigenvalue weighted by atomic mass is 16.5. The first-order valence-electron chi connectivity index (χ1n) is 11.9. The number of benzene rings is 2. The number of rotatable bonds is 5. The third kappa shape index (κ3) is 5.93. The van der Waals surface area contributed by atoms with Crippen LogP contribution in [0.4, 0.5) is 0 Å². The second-order valence-corrected chi connectivity index (χ2v) is 8.48. The van der Waals surface area contributed by atoms with Crippen LogP contribution in [0.3, 0.4) is 0 Å². The zero-order chi connectivity index (χ0) is 24.6. The van der Waals surface area contributed by atoms with Crippen LogP contribution < -0.4 is 4.74 Å². The van der Waals surface area contributed by atoms with Gasteiger partial charge in [0.15, 0.2) is 0 Å². The van der Waals surface area contributed by atoms with Crippen molar-refractivity contribution in [3.8, 4) is 34.9 Å². The number of nitrogens with zero attached hydrogens (tertiary/aromatic N) is 4. The number of hydrogen-bond donors (Lipinski definition) is 0. The summed E-state index contributed by atoms with van der Waals surface area (Å²) in [4.78, 5) is 13.3. The Morgan fingerprint density at radius 2 is 1.78 bits per heavy atom. The Bertz CT molecular complexity index is 1430. The van der Waals surface area contributed by atoms with E-state index in [1.165, 1.54) is 0 Å². The zero-order valence-electron chi connectivity index (χ0n) is 19.7. The molecule has 0 aliphatic carbocycles. The van der Waals surface area contributed by atoms with Gasteiger partial charge >= 0.3 is 0 Å². The van der Waals surface area contributed by atoms with Gasteiger partial charge in [-0.15, -0.1) is 0 Å². The lowest BCUT2D eigenvalue weighted by Crippen LogP contribution is -2.26. The van der Waals surface area contributed by atoms with Gasteiger partial charge in [-0.05, 0) is 54.1 Å². The van der Waals surface area contributed by atoms with E-state index in [9.17, 15) is 5.26 Å². The first kappa shape index (κ1) is 23.2. The van der Waals surface area contributed by atoms with E-state index in [4.69, 9.17) is 14.5 Å². The van der Waals surface area contributed by atoms with Gasteiger partial charge in [0.2, 0.25) is 0 Å². The predicted octanol–water partition coefficient (Wildman–Crippen LogP) is 4.96. The molecule has 0 N–H and O–H groups in total. The van der Waals surface area contributed by atoms with Gasteiger partial charge in [0, 0.05) is 54.5 Å². The SMILES string of the molecule is N#Cc1cc(-c2ccnc(Cc3ccc(C#Cc4cccnc4)cc3)n2)ccc1OC1CCOCC1. The Labute approximate surface area is 210 Å². The largest absolute Gasteiger partial charge is 0.489 e. The molecular weight excluding hydrogens is 448 g/mol. The summed E-state index contributed by atoms with van der Waals surface area (Å²) in [6, 6.07) is 21.6. The molecule has 6 heteroatoms. The quantitative estimate of drug-likeness (QED) is 0.382. The number of ether oxygens (including phenoxy) is 2. The molecule has 6 nitrogen and oxygen atoms in total. The summed E-state index contributed by atoms with van der Waals surface area (Å²) in [7, 11) is 0. The van der Waals surface area contributed by atoms with Crippen molar-refractivity contribution in [2.45, 2.75) is 25.4 Å². The van der Waals surface area contributed by atoms with Crippen LogP contribution in [0.15, 0.2) is 79.3 Å². The van der Waals surface area contributed by atoms with Crippen molar-refractivity contribution in [1.29, 1.82) is 5.26 Å². The summed E-state index contributed by atoms with van der Waals surface area (Å²) in [6.45, 7) is 1.38. The van der Waals surface area contributed by atoms with Crippen LogP contribution in [0.2, 0.25) is 0 Å². The van der Waals surface area contributed by atoms with Crippen LogP contribution in [-0.2, 0) is 11.2 Å². The van der Waals surface area contributed by atoms with E-state index in [-0.39, 0.29) is 6.10 Å². The Morgan fingerprint density at radius 3 is 2.56 bits per heavy atom. The van der Waals surface area contributed by atoms with E-state index >= 15 is 0 Å². The molecule has 5 rings (SSSR count). The van der Waals surface area contributed by atoms with Crippen LogP contribution >= 0.6 is 0 Å². The first-order chi connectivity index (χ1) is 17.8.